The smallest absolute Gasteiger partial charge is 0.254 e. The summed E-state index contributed by atoms with van der Waals surface area (Å²) in [7, 11) is 1.70. The van der Waals surface area contributed by atoms with Gasteiger partial charge in [-0.05, 0) is 44.8 Å². The maximum Gasteiger partial charge on any atom is 0.254 e. The maximum atomic E-state index is 12.8. The molecule has 0 spiro atoms. The van der Waals surface area contributed by atoms with Crippen molar-refractivity contribution in [2.75, 3.05) is 19.6 Å². The Labute approximate surface area is 131 Å². The van der Waals surface area contributed by atoms with Gasteiger partial charge >= 0.3 is 0 Å². The van der Waals surface area contributed by atoms with E-state index in [1.54, 1.807) is 19.3 Å². The second kappa shape index (κ2) is 6.24. The summed E-state index contributed by atoms with van der Waals surface area (Å²) in [6.07, 6.45) is 6.23. The van der Waals surface area contributed by atoms with Gasteiger partial charge in [-0.2, -0.15) is 0 Å². The van der Waals surface area contributed by atoms with E-state index in [9.17, 15) is 9.59 Å². The summed E-state index contributed by atoms with van der Waals surface area (Å²) in [5.41, 5.74) is 0.397. The Morgan fingerprint density at radius 1 is 1.23 bits per heavy atom. The van der Waals surface area contributed by atoms with Crippen molar-refractivity contribution in [2.24, 2.45) is 7.05 Å². The monoisotopic (exact) mass is 303 g/mol. The van der Waals surface area contributed by atoms with Crippen LogP contribution in [0, 0.1) is 0 Å². The second-order valence-electron chi connectivity index (χ2n) is 6.41. The van der Waals surface area contributed by atoms with Gasteiger partial charge in [-0.15, -0.1) is 0 Å². The summed E-state index contributed by atoms with van der Waals surface area (Å²) >= 11 is 0. The average Bonchev–Trinajstić information content (AvgIpc) is 3.16. The molecular formula is C17H25N3O2. The third kappa shape index (κ3) is 2.70. The van der Waals surface area contributed by atoms with Crippen LogP contribution >= 0.6 is 0 Å². The normalized spacial score (nSPS) is 25.8. The van der Waals surface area contributed by atoms with E-state index in [2.05, 4.69) is 11.8 Å². The molecule has 5 heteroatoms. The first-order valence-corrected chi connectivity index (χ1v) is 8.33. The molecule has 22 heavy (non-hydrogen) atoms. The SMILES string of the molecule is CCN1CCC[C@H]1[C@H]1CCCN1C(=O)c1ccn(C)c(=O)c1. The minimum atomic E-state index is -0.127. The lowest BCUT2D eigenvalue weighted by molar-refractivity contribution is 0.0649. The number of likely N-dealkylation sites (N-methyl/N-ethyl adjacent to an activating group) is 1. The molecule has 2 aliphatic heterocycles. The topological polar surface area (TPSA) is 45.5 Å². The van der Waals surface area contributed by atoms with Crippen LogP contribution in [0.4, 0.5) is 0 Å². The fourth-order valence-electron chi connectivity index (χ4n) is 3.97. The Hall–Kier alpha value is -1.62. The van der Waals surface area contributed by atoms with Crippen molar-refractivity contribution < 1.29 is 4.79 Å². The van der Waals surface area contributed by atoms with E-state index in [0.717, 1.165) is 32.5 Å². The van der Waals surface area contributed by atoms with Crippen molar-refractivity contribution in [3.8, 4) is 0 Å². The first-order chi connectivity index (χ1) is 10.6. The van der Waals surface area contributed by atoms with E-state index in [0.29, 0.717) is 17.6 Å². The molecule has 2 aliphatic rings. The molecular weight excluding hydrogens is 278 g/mol. The number of amides is 1. The standard InChI is InChI=1S/C17H25N3O2/c1-3-19-9-4-6-14(19)15-7-5-10-20(15)17(22)13-8-11-18(2)16(21)12-13/h8,11-12,14-15H,3-7,9-10H2,1-2H3/t14-,15+/m0/s1. The summed E-state index contributed by atoms with van der Waals surface area (Å²) in [6, 6.07) is 4.01. The Morgan fingerprint density at radius 2 is 1.95 bits per heavy atom. The van der Waals surface area contributed by atoms with Crippen LogP contribution in [0.15, 0.2) is 23.1 Å². The number of rotatable bonds is 3. The molecule has 3 heterocycles. The molecule has 1 aromatic rings. The number of carbonyl (C=O) groups excluding carboxylic acids is 1. The first kappa shape index (κ1) is 15.3. The lowest BCUT2D eigenvalue weighted by atomic mass is 10.0. The number of carbonyl (C=O) groups is 1. The van der Waals surface area contributed by atoms with Gasteiger partial charge in [-0.1, -0.05) is 6.92 Å². The first-order valence-electron chi connectivity index (χ1n) is 8.33. The van der Waals surface area contributed by atoms with E-state index in [4.69, 9.17) is 0 Å². The van der Waals surface area contributed by atoms with Crippen LogP contribution in [0.25, 0.3) is 0 Å². The van der Waals surface area contributed by atoms with E-state index >= 15 is 0 Å². The van der Waals surface area contributed by atoms with Crippen LogP contribution in [0.5, 0.6) is 0 Å². The minimum absolute atomic E-state index is 0.0168. The number of likely N-dealkylation sites (tertiary alicyclic amines) is 2. The molecule has 0 N–H and O–H groups in total. The van der Waals surface area contributed by atoms with Gasteiger partial charge in [0.1, 0.15) is 0 Å². The fraction of sp³-hybridized carbons (Fsp3) is 0.647. The molecule has 0 unspecified atom stereocenters. The largest absolute Gasteiger partial charge is 0.334 e. The van der Waals surface area contributed by atoms with Gasteiger partial charge in [0.15, 0.2) is 0 Å². The lowest BCUT2D eigenvalue weighted by Crippen LogP contribution is -2.48. The van der Waals surface area contributed by atoms with Crippen molar-refractivity contribution in [1.29, 1.82) is 0 Å². The highest BCUT2D eigenvalue weighted by Gasteiger charge is 2.39. The number of aryl methyl sites for hydroxylation is 1. The van der Waals surface area contributed by atoms with Crippen molar-refractivity contribution >= 4 is 5.91 Å². The predicted octanol–water partition coefficient (Wildman–Crippen LogP) is 1.47. The molecule has 0 aliphatic carbocycles. The van der Waals surface area contributed by atoms with E-state index in [1.165, 1.54) is 23.5 Å². The zero-order valence-corrected chi connectivity index (χ0v) is 13.5. The van der Waals surface area contributed by atoms with Gasteiger partial charge in [-0.3, -0.25) is 14.5 Å². The zero-order chi connectivity index (χ0) is 15.7. The van der Waals surface area contributed by atoms with Crippen LogP contribution in [0.1, 0.15) is 43.0 Å². The second-order valence-corrected chi connectivity index (χ2v) is 6.41. The van der Waals surface area contributed by atoms with Crippen molar-refractivity contribution in [3.63, 3.8) is 0 Å². The summed E-state index contributed by atoms with van der Waals surface area (Å²) in [4.78, 5) is 29.1. The van der Waals surface area contributed by atoms with Gasteiger partial charge in [0.05, 0.1) is 0 Å². The Bertz CT molecular complexity index is 610. The molecule has 2 atom stereocenters. The molecule has 0 bridgehead atoms. The number of pyridine rings is 1. The van der Waals surface area contributed by atoms with Gasteiger partial charge < -0.3 is 9.47 Å². The molecule has 3 rings (SSSR count). The molecule has 1 amide bonds. The Balaban J connectivity index is 1.81. The van der Waals surface area contributed by atoms with Crippen LogP contribution in [-0.2, 0) is 7.05 Å². The maximum absolute atomic E-state index is 12.8. The molecule has 2 saturated heterocycles. The Kier molecular flexibility index (Phi) is 4.34. The fourth-order valence-corrected chi connectivity index (χ4v) is 3.97. The van der Waals surface area contributed by atoms with E-state index in [1.807, 2.05) is 4.90 Å². The predicted molar refractivity (Wildman–Crippen MR) is 86.0 cm³/mol. The van der Waals surface area contributed by atoms with Crippen molar-refractivity contribution in [3.05, 3.63) is 34.2 Å². The lowest BCUT2D eigenvalue weighted by Gasteiger charge is -2.34. The number of nitrogens with zero attached hydrogens (tertiary/aromatic N) is 3. The van der Waals surface area contributed by atoms with Crippen LogP contribution in [-0.4, -0.2) is 52.0 Å². The van der Waals surface area contributed by atoms with Crippen molar-refractivity contribution in [1.82, 2.24) is 14.4 Å². The van der Waals surface area contributed by atoms with Gasteiger partial charge in [0, 0.05) is 43.5 Å². The zero-order valence-electron chi connectivity index (χ0n) is 13.5. The Morgan fingerprint density at radius 3 is 2.68 bits per heavy atom. The average molecular weight is 303 g/mol. The van der Waals surface area contributed by atoms with E-state index in [-0.39, 0.29) is 11.5 Å². The van der Waals surface area contributed by atoms with Crippen LogP contribution in [0.3, 0.4) is 0 Å². The van der Waals surface area contributed by atoms with Crippen molar-refractivity contribution in [2.45, 2.75) is 44.7 Å². The van der Waals surface area contributed by atoms with Gasteiger partial charge in [-0.25, -0.2) is 0 Å². The summed E-state index contributed by atoms with van der Waals surface area (Å²) in [5.74, 6) is 0.0168. The summed E-state index contributed by atoms with van der Waals surface area (Å²) in [5, 5.41) is 0. The highest BCUT2D eigenvalue weighted by atomic mass is 16.2. The quantitative estimate of drug-likeness (QED) is 0.849. The third-order valence-electron chi connectivity index (χ3n) is 5.18. The summed E-state index contributed by atoms with van der Waals surface area (Å²) < 4.78 is 1.49. The number of hydrogen-bond acceptors (Lipinski definition) is 3. The molecule has 0 radical (unpaired) electrons. The summed E-state index contributed by atoms with van der Waals surface area (Å²) in [6.45, 7) is 5.20. The van der Waals surface area contributed by atoms with E-state index < -0.39 is 0 Å². The van der Waals surface area contributed by atoms with Gasteiger partial charge in [0.25, 0.3) is 11.5 Å². The third-order valence-corrected chi connectivity index (χ3v) is 5.18. The van der Waals surface area contributed by atoms with Crippen LogP contribution < -0.4 is 5.56 Å². The molecule has 0 aromatic carbocycles. The highest BCUT2D eigenvalue weighted by molar-refractivity contribution is 5.94. The molecule has 2 fully saturated rings. The molecule has 0 saturated carbocycles. The molecule has 1 aromatic heterocycles. The molecule has 5 nitrogen and oxygen atoms in total. The van der Waals surface area contributed by atoms with Gasteiger partial charge in [0.2, 0.25) is 0 Å². The number of aromatic nitrogens is 1. The molecule has 120 valence electrons. The van der Waals surface area contributed by atoms with Crippen LogP contribution in [0.2, 0.25) is 0 Å². The minimum Gasteiger partial charge on any atom is -0.334 e. The number of hydrogen-bond donors (Lipinski definition) is 0. The highest BCUT2D eigenvalue weighted by Crippen LogP contribution is 2.30.